The highest BCUT2D eigenvalue weighted by Crippen LogP contribution is 2.36. The molecule has 4 aromatic carbocycles. The molecule has 0 amide bonds. The highest BCUT2D eigenvalue weighted by Gasteiger charge is 2.23. The molecule has 0 aliphatic heterocycles. The summed E-state index contributed by atoms with van der Waals surface area (Å²) in [6, 6.07) is 17.8. The molecule has 4 rings (SSSR count). The van der Waals surface area contributed by atoms with Crippen LogP contribution in [-0.2, 0) is 0 Å². The van der Waals surface area contributed by atoms with Gasteiger partial charge in [0.15, 0.2) is 0 Å². The van der Waals surface area contributed by atoms with Crippen LogP contribution in [0, 0.1) is 11.6 Å². The van der Waals surface area contributed by atoms with Gasteiger partial charge >= 0.3 is 7.12 Å². The van der Waals surface area contributed by atoms with Crippen molar-refractivity contribution in [3.05, 3.63) is 78.4 Å². The lowest BCUT2D eigenvalue weighted by Gasteiger charge is -2.17. The minimum absolute atomic E-state index is 0.271. The van der Waals surface area contributed by atoms with Gasteiger partial charge in [-0.3, -0.25) is 0 Å². The standard InChI is InChI=1S/C20H13BF2O2/c22-12-9-10-17(18(23)11-12)19-13-5-1-3-7-15(13)20(21(24)25)16-8-4-2-6-14(16)19/h1-11,24-25H. The van der Waals surface area contributed by atoms with Gasteiger partial charge in [-0.2, -0.15) is 0 Å². The van der Waals surface area contributed by atoms with E-state index in [4.69, 9.17) is 0 Å². The van der Waals surface area contributed by atoms with Gasteiger partial charge in [0.1, 0.15) is 11.6 Å². The molecule has 5 heteroatoms. The van der Waals surface area contributed by atoms with Crippen molar-refractivity contribution in [1.82, 2.24) is 0 Å². The molecule has 0 aromatic heterocycles. The van der Waals surface area contributed by atoms with E-state index in [-0.39, 0.29) is 5.56 Å². The molecule has 0 heterocycles. The number of hydrogen-bond acceptors (Lipinski definition) is 2. The minimum Gasteiger partial charge on any atom is -0.423 e. The Hall–Kier alpha value is -2.76. The molecule has 0 bridgehead atoms. The van der Waals surface area contributed by atoms with Crippen LogP contribution in [0.1, 0.15) is 0 Å². The molecule has 0 spiro atoms. The second-order valence-corrected chi connectivity index (χ2v) is 5.88. The average Bonchev–Trinajstić information content (AvgIpc) is 2.60. The summed E-state index contributed by atoms with van der Waals surface area (Å²) in [6.45, 7) is 0. The fourth-order valence-electron chi connectivity index (χ4n) is 3.42. The molecular weight excluding hydrogens is 321 g/mol. The minimum atomic E-state index is -1.66. The zero-order valence-electron chi connectivity index (χ0n) is 13.1. The third-order valence-corrected chi connectivity index (χ3v) is 4.43. The van der Waals surface area contributed by atoms with E-state index in [0.717, 1.165) is 6.07 Å². The molecule has 0 saturated heterocycles. The first-order valence-electron chi connectivity index (χ1n) is 7.83. The maximum absolute atomic E-state index is 14.5. The first-order chi connectivity index (χ1) is 12.1. The van der Waals surface area contributed by atoms with Crippen LogP contribution in [-0.4, -0.2) is 17.2 Å². The van der Waals surface area contributed by atoms with E-state index < -0.39 is 18.8 Å². The van der Waals surface area contributed by atoms with E-state index in [1.807, 2.05) is 0 Å². The largest absolute Gasteiger partial charge is 0.489 e. The summed E-state index contributed by atoms with van der Waals surface area (Å²) >= 11 is 0. The molecule has 0 fully saturated rings. The summed E-state index contributed by atoms with van der Waals surface area (Å²) in [4.78, 5) is 0. The fourth-order valence-corrected chi connectivity index (χ4v) is 3.42. The molecule has 0 atom stereocenters. The summed E-state index contributed by atoms with van der Waals surface area (Å²) in [7, 11) is -1.66. The maximum atomic E-state index is 14.5. The quantitative estimate of drug-likeness (QED) is 0.434. The zero-order valence-corrected chi connectivity index (χ0v) is 13.1. The summed E-state index contributed by atoms with van der Waals surface area (Å²) in [5.41, 5.74) is 1.25. The molecule has 0 saturated carbocycles. The summed E-state index contributed by atoms with van der Waals surface area (Å²) in [5.74, 6) is -1.30. The van der Waals surface area contributed by atoms with E-state index in [0.29, 0.717) is 32.6 Å². The SMILES string of the molecule is OB(O)c1c2ccccc2c(-c2ccc(F)cc2F)c2ccccc12. The first-order valence-corrected chi connectivity index (χ1v) is 7.83. The third-order valence-electron chi connectivity index (χ3n) is 4.43. The molecule has 25 heavy (non-hydrogen) atoms. The average molecular weight is 334 g/mol. The number of fused-ring (bicyclic) bond motifs is 2. The number of benzene rings is 4. The maximum Gasteiger partial charge on any atom is 0.489 e. The van der Waals surface area contributed by atoms with Gasteiger partial charge in [-0.15, -0.1) is 0 Å². The van der Waals surface area contributed by atoms with Crippen LogP contribution in [0.15, 0.2) is 66.7 Å². The van der Waals surface area contributed by atoms with Crippen LogP contribution in [0.3, 0.4) is 0 Å². The smallest absolute Gasteiger partial charge is 0.423 e. The molecule has 122 valence electrons. The molecular formula is C20H13BF2O2. The van der Waals surface area contributed by atoms with Crippen molar-refractivity contribution in [1.29, 1.82) is 0 Å². The van der Waals surface area contributed by atoms with Gasteiger partial charge in [-0.1, -0.05) is 48.5 Å². The van der Waals surface area contributed by atoms with Gasteiger partial charge in [0.25, 0.3) is 0 Å². The first kappa shape index (κ1) is 15.8. The van der Waals surface area contributed by atoms with Gasteiger partial charge in [0.05, 0.1) is 0 Å². The fraction of sp³-hybridized carbons (Fsp3) is 0. The predicted octanol–water partition coefficient (Wildman–Crippen LogP) is 3.62. The van der Waals surface area contributed by atoms with E-state index in [2.05, 4.69) is 0 Å². The normalized spacial score (nSPS) is 11.2. The van der Waals surface area contributed by atoms with Crippen LogP contribution in [0.2, 0.25) is 0 Å². The Morgan fingerprint density at radius 2 is 1.20 bits per heavy atom. The third kappa shape index (κ3) is 2.49. The highest BCUT2D eigenvalue weighted by atomic mass is 19.1. The zero-order chi connectivity index (χ0) is 17.6. The molecule has 0 radical (unpaired) electrons. The van der Waals surface area contributed by atoms with Gasteiger partial charge < -0.3 is 10.0 Å². The van der Waals surface area contributed by atoms with Crippen molar-refractivity contribution in [2.45, 2.75) is 0 Å². The second-order valence-electron chi connectivity index (χ2n) is 5.88. The van der Waals surface area contributed by atoms with E-state index in [9.17, 15) is 18.8 Å². The van der Waals surface area contributed by atoms with Crippen molar-refractivity contribution in [3.63, 3.8) is 0 Å². The molecule has 0 aliphatic carbocycles. The van der Waals surface area contributed by atoms with Crippen molar-refractivity contribution in [2.75, 3.05) is 0 Å². The van der Waals surface area contributed by atoms with Crippen LogP contribution in [0.4, 0.5) is 8.78 Å². The Labute approximate surface area is 143 Å². The summed E-state index contributed by atoms with van der Waals surface area (Å²) in [5, 5.41) is 22.4. The Bertz CT molecular complexity index is 1050. The van der Waals surface area contributed by atoms with E-state index >= 15 is 0 Å². The lowest BCUT2D eigenvalue weighted by Crippen LogP contribution is -2.31. The predicted molar refractivity (Wildman–Crippen MR) is 96.6 cm³/mol. The Morgan fingerprint density at radius 1 is 0.680 bits per heavy atom. The molecule has 4 aromatic rings. The number of hydrogen-bond donors (Lipinski definition) is 2. The topological polar surface area (TPSA) is 40.5 Å². The van der Waals surface area contributed by atoms with E-state index in [1.165, 1.54) is 12.1 Å². The number of halogens is 2. The Balaban J connectivity index is 2.25. The van der Waals surface area contributed by atoms with Crippen LogP contribution in [0.25, 0.3) is 32.7 Å². The van der Waals surface area contributed by atoms with Gasteiger partial charge in [0, 0.05) is 17.2 Å². The van der Waals surface area contributed by atoms with Gasteiger partial charge in [-0.05, 0) is 39.1 Å². The summed E-state index contributed by atoms with van der Waals surface area (Å²) < 4.78 is 27.9. The van der Waals surface area contributed by atoms with Crippen LogP contribution < -0.4 is 5.46 Å². The highest BCUT2D eigenvalue weighted by molar-refractivity contribution is 6.66. The van der Waals surface area contributed by atoms with Crippen molar-refractivity contribution >= 4 is 34.1 Å². The van der Waals surface area contributed by atoms with Gasteiger partial charge in [-0.25, -0.2) is 8.78 Å². The van der Waals surface area contributed by atoms with E-state index in [1.54, 1.807) is 48.5 Å². The molecule has 0 unspecified atom stereocenters. The molecule has 0 aliphatic rings. The van der Waals surface area contributed by atoms with Crippen molar-refractivity contribution in [3.8, 4) is 11.1 Å². The lowest BCUT2D eigenvalue weighted by atomic mass is 9.72. The van der Waals surface area contributed by atoms with Crippen molar-refractivity contribution < 1.29 is 18.8 Å². The lowest BCUT2D eigenvalue weighted by molar-refractivity contribution is 0.426. The van der Waals surface area contributed by atoms with Gasteiger partial charge in [0.2, 0.25) is 0 Å². The molecule has 2 N–H and O–H groups in total. The monoisotopic (exact) mass is 334 g/mol. The summed E-state index contributed by atoms with van der Waals surface area (Å²) in [6.07, 6.45) is 0. The second kappa shape index (κ2) is 5.95. The molecule has 2 nitrogen and oxygen atoms in total. The van der Waals surface area contributed by atoms with Crippen molar-refractivity contribution in [2.24, 2.45) is 0 Å². The Kier molecular flexibility index (Phi) is 3.75. The van der Waals surface area contributed by atoms with Crippen LogP contribution in [0.5, 0.6) is 0 Å². The Morgan fingerprint density at radius 3 is 1.68 bits per heavy atom. The number of rotatable bonds is 2. The van der Waals surface area contributed by atoms with Crippen LogP contribution >= 0.6 is 0 Å².